The smallest absolute Gasteiger partial charge is 0.106 e. The highest BCUT2D eigenvalue weighted by atomic mass is 35.5. The molecule has 0 saturated carbocycles. The van der Waals surface area contributed by atoms with E-state index in [0.29, 0.717) is 6.61 Å². The van der Waals surface area contributed by atoms with Gasteiger partial charge < -0.3 is 9.84 Å². The Morgan fingerprint density at radius 2 is 1.50 bits per heavy atom. The van der Waals surface area contributed by atoms with Crippen molar-refractivity contribution in [3.8, 4) is 0 Å². The SMILES string of the molecule is C=COC[C@@H](Cl)[C@@H](O)CCCCCCCCCCCC. The Bertz CT molecular complexity index is 209. The summed E-state index contributed by atoms with van der Waals surface area (Å²) in [6.07, 6.45) is 14.7. The second kappa shape index (κ2) is 15.2. The van der Waals surface area contributed by atoms with Crippen LogP contribution in [0.3, 0.4) is 0 Å². The molecule has 0 bridgehead atoms. The third kappa shape index (κ3) is 12.8. The van der Waals surface area contributed by atoms with Crippen LogP contribution in [0.15, 0.2) is 12.8 Å². The number of unbranched alkanes of at least 4 members (excludes halogenated alkanes) is 9. The molecule has 1 N–H and O–H groups in total. The van der Waals surface area contributed by atoms with Crippen molar-refractivity contribution in [2.45, 2.75) is 89.0 Å². The van der Waals surface area contributed by atoms with E-state index in [4.69, 9.17) is 16.3 Å². The summed E-state index contributed by atoms with van der Waals surface area (Å²) in [5.74, 6) is 0. The maximum absolute atomic E-state index is 9.82. The molecular formula is C17H33ClO2. The molecule has 0 aromatic carbocycles. The summed E-state index contributed by atoms with van der Waals surface area (Å²) in [6.45, 7) is 6.05. The van der Waals surface area contributed by atoms with Crippen LogP contribution in [0.25, 0.3) is 0 Å². The summed E-state index contributed by atoms with van der Waals surface area (Å²) in [6, 6.07) is 0. The number of alkyl halides is 1. The van der Waals surface area contributed by atoms with Crippen LogP contribution in [0.1, 0.15) is 77.6 Å². The van der Waals surface area contributed by atoms with Crippen molar-refractivity contribution in [2.24, 2.45) is 0 Å². The van der Waals surface area contributed by atoms with Gasteiger partial charge in [-0.3, -0.25) is 0 Å². The zero-order valence-electron chi connectivity index (χ0n) is 13.2. The zero-order valence-corrected chi connectivity index (χ0v) is 13.9. The Morgan fingerprint density at radius 3 is 2.00 bits per heavy atom. The van der Waals surface area contributed by atoms with E-state index in [1.165, 1.54) is 64.0 Å². The third-order valence-electron chi connectivity index (χ3n) is 3.64. The minimum absolute atomic E-state index is 0.327. The second-order valence-corrected chi connectivity index (χ2v) is 6.11. The van der Waals surface area contributed by atoms with Crippen LogP contribution in [0, 0.1) is 0 Å². The molecule has 20 heavy (non-hydrogen) atoms. The average Bonchev–Trinajstić information content (AvgIpc) is 2.46. The molecule has 0 heterocycles. The van der Waals surface area contributed by atoms with Crippen LogP contribution in [0.4, 0.5) is 0 Å². The lowest BCUT2D eigenvalue weighted by Crippen LogP contribution is -2.24. The Balaban J connectivity index is 3.24. The minimum atomic E-state index is -0.467. The molecule has 0 spiro atoms. The summed E-state index contributed by atoms with van der Waals surface area (Å²) in [5.41, 5.74) is 0. The van der Waals surface area contributed by atoms with E-state index in [1.807, 2.05) is 0 Å². The maximum Gasteiger partial charge on any atom is 0.106 e. The number of ether oxygens (including phenoxy) is 1. The summed E-state index contributed by atoms with van der Waals surface area (Å²) < 4.78 is 4.99. The van der Waals surface area contributed by atoms with Crippen molar-refractivity contribution < 1.29 is 9.84 Å². The third-order valence-corrected chi connectivity index (χ3v) is 4.06. The lowest BCUT2D eigenvalue weighted by Gasteiger charge is -2.16. The molecule has 2 atom stereocenters. The number of hydrogen-bond donors (Lipinski definition) is 1. The van der Waals surface area contributed by atoms with Crippen molar-refractivity contribution in [3.63, 3.8) is 0 Å². The summed E-state index contributed by atoms with van der Waals surface area (Å²) >= 11 is 6.01. The zero-order chi connectivity index (χ0) is 15.1. The van der Waals surface area contributed by atoms with Gasteiger partial charge in [0.1, 0.15) is 6.61 Å². The van der Waals surface area contributed by atoms with Gasteiger partial charge in [0, 0.05) is 0 Å². The number of aliphatic hydroxyl groups excluding tert-OH is 1. The lowest BCUT2D eigenvalue weighted by molar-refractivity contribution is 0.120. The molecule has 120 valence electrons. The largest absolute Gasteiger partial charge is 0.500 e. The van der Waals surface area contributed by atoms with Crippen LogP contribution in [-0.2, 0) is 4.74 Å². The van der Waals surface area contributed by atoms with Gasteiger partial charge in [0.25, 0.3) is 0 Å². The van der Waals surface area contributed by atoms with E-state index < -0.39 is 6.10 Å². The Kier molecular flexibility index (Phi) is 15.0. The molecule has 0 radical (unpaired) electrons. The van der Waals surface area contributed by atoms with Gasteiger partial charge in [-0.2, -0.15) is 0 Å². The first kappa shape index (κ1) is 19.8. The predicted octanol–water partition coefficient (Wildman–Crippen LogP) is 5.43. The molecule has 0 amide bonds. The number of hydrogen-bond acceptors (Lipinski definition) is 2. The summed E-state index contributed by atoms with van der Waals surface area (Å²) in [4.78, 5) is 0. The van der Waals surface area contributed by atoms with Gasteiger partial charge in [0.15, 0.2) is 0 Å². The van der Waals surface area contributed by atoms with Gasteiger partial charge in [-0.25, -0.2) is 0 Å². The van der Waals surface area contributed by atoms with Crippen LogP contribution in [0.5, 0.6) is 0 Å². The van der Waals surface area contributed by atoms with Crippen LogP contribution < -0.4 is 0 Å². The number of halogens is 1. The monoisotopic (exact) mass is 304 g/mol. The van der Waals surface area contributed by atoms with E-state index >= 15 is 0 Å². The normalized spacial score (nSPS) is 13.9. The van der Waals surface area contributed by atoms with E-state index in [9.17, 15) is 5.11 Å². The standard InChI is InChI=1S/C17H33ClO2/c1-3-5-6-7-8-9-10-11-12-13-14-17(19)16(18)15-20-4-2/h4,16-17,19H,2-3,5-15H2,1H3/t16-,17+/m1/s1. The summed E-state index contributed by atoms with van der Waals surface area (Å²) in [7, 11) is 0. The van der Waals surface area contributed by atoms with Crippen molar-refractivity contribution in [3.05, 3.63) is 12.8 Å². The first-order chi connectivity index (χ1) is 9.72. The van der Waals surface area contributed by atoms with Crippen molar-refractivity contribution >= 4 is 11.6 Å². The Labute approximate surface area is 130 Å². The van der Waals surface area contributed by atoms with Gasteiger partial charge in [-0.15, -0.1) is 11.6 Å². The fourth-order valence-corrected chi connectivity index (χ4v) is 2.49. The Morgan fingerprint density at radius 1 is 1.00 bits per heavy atom. The molecule has 0 aliphatic heterocycles. The van der Waals surface area contributed by atoms with Crippen LogP contribution >= 0.6 is 11.6 Å². The second-order valence-electron chi connectivity index (χ2n) is 5.55. The molecule has 0 aliphatic carbocycles. The van der Waals surface area contributed by atoms with E-state index in [2.05, 4.69) is 13.5 Å². The molecule has 0 aliphatic rings. The fourth-order valence-electron chi connectivity index (χ4n) is 2.29. The molecule has 3 heteroatoms. The highest BCUT2D eigenvalue weighted by Crippen LogP contribution is 2.14. The quantitative estimate of drug-likeness (QED) is 0.248. The molecule has 0 saturated heterocycles. The van der Waals surface area contributed by atoms with Gasteiger partial charge in [0.2, 0.25) is 0 Å². The number of rotatable bonds is 15. The highest BCUT2D eigenvalue weighted by Gasteiger charge is 2.15. The molecule has 0 aromatic rings. The van der Waals surface area contributed by atoms with E-state index in [0.717, 1.165) is 12.8 Å². The van der Waals surface area contributed by atoms with Crippen molar-refractivity contribution in [1.82, 2.24) is 0 Å². The first-order valence-electron chi connectivity index (χ1n) is 8.27. The van der Waals surface area contributed by atoms with Gasteiger partial charge in [-0.05, 0) is 6.42 Å². The predicted molar refractivity (Wildman–Crippen MR) is 88.3 cm³/mol. The van der Waals surface area contributed by atoms with Crippen LogP contribution in [-0.4, -0.2) is 23.2 Å². The minimum Gasteiger partial charge on any atom is -0.500 e. The van der Waals surface area contributed by atoms with Crippen molar-refractivity contribution in [1.29, 1.82) is 0 Å². The molecule has 2 nitrogen and oxygen atoms in total. The fraction of sp³-hybridized carbons (Fsp3) is 0.882. The maximum atomic E-state index is 9.82. The molecular weight excluding hydrogens is 272 g/mol. The van der Waals surface area contributed by atoms with Gasteiger partial charge in [-0.1, -0.05) is 77.7 Å². The average molecular weight is 305 g/mol. The molecule has 0 rings (SSSR count). The van der Waals surface area contributed by atoms with Crippen molar-refractivity contribution in [2.75, 3.05) is 6.61 Å². The van der Waals surface area contributed by atoms with Gasteiger partial charge in [0.05, 0.1) is 17.7 Å². The van der Waals surface area contributed by atoms with Gasteiger partial charge >= 0.3 is 0 Å². The first-order valence-corrected chi connectivity index (χ1v) is 8.70. The number of aliphatic hydroxyl groups is 1. The topological polar surface area (TPSA) is 29.5 Å². The molecule has 0 aromatic heterocycles. The highest BCUT2D eigenvalue weighted by molar-refractivity contribution is 6.21. The lowest BCUT2D eigenvalue weighted by atomic mass is 10.0. The summed E-state index contributed by atoms with van der Waals surface area (Å²) in [5, 5.41) is 9.49. The molecule has 0 unspecified atom stereocenters. The van der Waals surface area contributed by atoms with E-state index in [-0.39, 0.29) is 5.38 Å². The molecule has 0 fully saturated rings. The van der Waals surface area contributed by atoms with E-state index in [1.54, 1.807) is 0 Å². The van der Waals surface area contributed by atoms with Crippen LogP contribution in [0.2, 0.25) is 0 Å². The Hall–Kier alpha value is -0.210.